The van der Waals surface area contributed by atoms with Crippen molar-refractivity contribution in [2.24, 2.45) is 5.73 Å². The molecule has 0 spiro atoms. The molecule has 0 bridgehead atoms. The summed E-state index contributed by atoms with van der Waals surface area (Å²) in [5, 5.41) is 11.0. The average Bonchev–Trinajstić information content (AvgIpc) is 2.31. The highest BCUT2D eigenvalue weighted by Gasteiger charge is 2.15. The van der Waals surface area contributed by atoms with Gasteiger partial charge in [0.25, 0.3) is 0 Å². The standard InChI is InChI=1S/C12H13FN2O3/c1-2-3-9(14)11(16)15-10-6-7(12(17)18)4-5-8(10)13/h2,4-6,9H,1,3,14H2,(H,15,16)(H,17,18). The molecule has 0 saturated heterocycles. The third-order valence-electron chi connectivity index (χ3n) is 2.23. The second kappa shape index (κ2) is 5.92. The quantitative estimate of drug-likeness (QED) is 0.690. The Morgan fingerprint density at radius 3 is 2.78 bits per heavy atom. The maximum atomic E-state index is 13.4. The molecule has 96 valence electrons. The molecule has 0 aliphatic rings. The summed E-state index contributed by atoms with van der Waals surface area (Å²) in [6, 6.07) is 2.26. The van der Waals surface area contributed by atoms with E-state index in [9.17, 15) is 14.0 Å². The normalized spacial score (nSPS) is 11.7. The molecule has 5 nitrogen and oxygen atoms in total. The minimum Gasteiger partial charge on any atom is -0.478 e. The van der Waals surface area contributed by atoms with E-state index in [0.717, 1.165) is 18.2 Å². The Hall–Kier alpha value is -2.21. The van der Waals surface area contributed by atoms with E-state index in [1.165, 1.54) is 6.08 Å². The maximum Gasteiger partial charge on any atom is 0.335 e. The van der Waals surface area contributed by atoms with E-state index in [0.29, 0.717) is 0 Å². The summed E-state index contributed by atoms with van der Waals surface area (Å²) in [7, 11) is 0. The Bertz CT molecular complexity index is 488. The highest BCUT2D eigenvalue weighted by atomic mass is 19.1. The number of benzene rings is 1. The van der Waals surface area contributed by atoms with Crippen LogP contribution in [0.1, 0.15) is 16.8 Å². The summed E-state index contributed by atoms with van der Waals surface area (Å²) >= 11 is 0. The largest absolute Gasteiger partial charge is 0.478 e. The first kappa shape index (κ1) is 13.9. The van der Waals surface area contributed by atoms with E-state index < -0.39 is 23.7 Å². The van der Waals surface area contributed by atoms with Crippen molar-refractivity contribution in [2.75, 3.05) is 5.32 Å². The van der Waals surface area contributed by atoms with Crippen LogP contribution in [-0.2, 0) is 4.79 Å². The van der Waals surface area contributed by atoms with Gasteiger partial charge in [-0.3, -0.25) is 4.79 Å². The van der Waals surface area contributed by atoms with Gasteiger partial charge in [-0.1, -0.05) is 6.08 Å². The molecule has 0 saturated carbocycles. The first-order valence-corrected chi connectivity index (χ1v) is 5.16. The highest BCUT2D eigenvalue weighted by Crippen LogP contribution is 2.16. The van der Waals surface area contributed by atoms with Crippen LogP contribution < -0.4 is 11.1 Å². The topological polar surface area (TPSA) is 92.4 Å². The average molecular weight is 252 g/mol. The predicted molar refractivity (Wildman–Crippen MR) is 64.8 cm³/mol. The molecule has 1 atom stereocenters. The van der Waals surface area contributed by atoms with Crippen LogP contribution in [0.2, 0.25) is 0 Å². The third kappa shape index (κ3) is 3.39. The molecule has 0 radical (unpaired) electrons. The van der Waals surface area contributed by atoms with Crippen LogP contribution in [0.4, 0.5) is 10.1 Å². The van der Waals surface area contributed by atoms with Gasteiger partial charge >= 0.3 is 5.97 Å². The Morgan fingerprint density at radius 1 is 1.56 bits per heavy atom. The van der Waals surface area contributed by atoms with E-state index in [1.807, 2.05) is 0 Å². The number of aromatic carboxylic acids is 1. The number of carboxylic acids is 1. The molecule has 6 heteroatoms. The number of halogens is 1. The smallest absolute Gasteiger partial charge is 0.335 e. The van der Waals surface area contributed by atoms with Crippen molar-refractivity contribution >= 4 is 17.6 Å². The lowest BCUT2D eigenvalue weighted by Crippen LogP contribution is -2.35. The molecule has 1 rings (SSSR count). The molecule has 4 N–H and O–H groups in total. The number of hydrogen-bond donors (Lipinski definition) is 3. The van der Waals surface area contributed by atoms with Gasteiger partial charge in [0.05, 0.1) is 17.3 Å². The molecule has 1 aromatic carbocycles. The molecule has 1 amide bonds. The van der Waals surface area contributed by atoms with Gasteiger partial charge in [-0.2, -0.15) is 0 Å². The van der Waals surface area contributed by atoms with E-state index in [1.54, 1.807) is 0 Å². The van der Waals surface area contributed by atoms with Crippen molar-refractivity contribution in [3.8, 4) is 0 Å². The fourth-order valence-electron chi connectivity index (χ4n) is 1.27. The Kier molecular flexibility index (Phi) is 4.56. The second-order valence-electron chi connectivity index (χ2n) is 3.62. The number of anilines is 1. The number of nitrogens with two attached hydrogens (primary N) is 1. The summed E-state index contributed by atoms with van der Waals surface area (Å²) in [5.74, 6) is -2.53. The lowest BCUT2D eigenvalue weighted by molar-refractivity contribution is -0.117. The summed E-state index contributed by atoms with van der Waals surface area (Å²) in [5.41, 5.74) is 5.17. The molecule has 18 heavy (non-hydrogen) atoms. The van der Waals surface area contributed by atoms with Crippen molar-refractivity contribution in [3.63, 3.8) is 0 Å². The van der Waals surface area contributed by atoms with Crippen molar-refractivity contribution in [1.82, 2.24) is 0 Å². The maximum absolute atomic E-state index is 13.4. The van der Waals surface area contributed by atoms with Crippen molar-refractivity contribution < 1.29 is 19.1 Å². The zero-order valence-electron chi connectivity index (χ0n) is 9.52. The molecule has 0 aliphatic carbocycles. The SMILES string of the molecule is C=CCC(N)C(=O)Nc1cc(C(=O)O)ccc1F. The Balaban J connectivity index is 2.89. The predicted octanol–water partition coefficient (Wildman–Crippen LogP) is 1.37. The van der Waals surface area contributed by atoms with Crippen LogP contribution in [-0.4, -0.2) is 23.0 Å². The number of carbonyl (C=O) groups is 2. The van der Waals surface area contributed by atoms with Gasteiger partial charge in [0.2, 0.25) is 5.91 Å². The summed E-state index contributed by atoms with van der Waals surface area (Å²) in [6.45, 7) is 3.43. The van der Waals surface area contributed by atoms with Crippen LogP contribution in [0.5, 0.6) is 0 Å². The Morgan fingerprint density at radius 2 is 2.22 bits per heavy atom. The molecule has 0 aromatic heterocycles. The van der Waals surface area contributed by atoms with Crippen molar-refractivity contribution in [1.29, 1.82) is 0 Å². The minimum absolute atomic E-state index is 0.121. The molecule has 0 aliphatic heterocycles. The third-order valence-corrected chi connectivity index (χ3v) is 2.23. The van der Waals surface area contributed by atoms with Gasteiger partial charge in [0, 0.05) is 0 Å². The lowest BCUT2D eigenvalue weighted by Gasteiger charge is -2.11. The van der Waals surface area contributed by atoms with E-state index >= 15 is 0 Å². The molecule has 1 unspecified atom stereocenters. The molecular weight excluding hydrogens is 239 g/mol. The van der Waals surface area contributed by atoms with Crippen LogP contribution in [0.15, 0.2) is 30.9 Å². The number of rotatable bonds is 5. The van der Waals surface area contributed by atoms with Gasteiger partial charge in [-0.05, 0) is 24.6 Å². The highest BCUT2D eigenvalue weighted by molar-refractivity contribution is 5.96. The van der Waals surface area contributed by atoms with Crippen molar-refractivity contribution in [2.45, 2.75) is 12.5 Å². The van der Waals surface area contributed by atoms with Crippen molar-refractivity contribution in [3.05, 3.63) is 42.2 Å². The Labute approximate surface area is 103 Å². The zero-order chi connectivity index (χ0) is 13.7. The fraction of sp³-hybridized carbons (Fsp3) is 0.167. The van der Waals surface area contributed by atoms with Crippen LogP contribution in [0, 0.1) is 5.82 Å². The van der Waals surface area contributed by atoms with E-state index in [-0.39, 0.29) is 17.7 Å². The summed E-state index contributed by atoms with van der Waals surface area (Å²) in [6.07, 6.45) is 1.71. The van der Waals surface area contributed by atoms with Gasteiger partial charge in [0.1, 0.15) is 5.82 Å². The monoisotopic (exact) mass is 252 g/mol. The summed E-state index contributed by atoms with van der Waals surface area (Å²) < 4.78 is 13.4. The van der Waals surface area contributed by atoms with E-state index in [2.05, 4.69) is 11.9 Å². The van der Waals surface area contributed by atoms with Gasteiger partial charge in [-0.15, -0.1) is 6.58 Å². The first-order valence-electron chi connectivity index (χ1n) is 5.16. The van der Waals surface area contributed by atoms with Crippen LogP contribution in [0.3, 0.4) is 0 Å². The fourth-order valence-corrected chi connectivity index (χ4v) is 1.27. The number of carbonyl (C=O) groups excluding carboxylic acids is 1. The summed E-state index contributed by atoms with van der Waals surface area (Å²) in [4.78, 5) is 22.3. The first-order chi connectivity index (χ1) is 8.45. The van der Waals surface area contributed by atoms with Gasteiger partial charge in [0.15, 0.2) is 0 Å². The molecule has 1 aromatic rings. The van der Waals surface area contributed by atoms with Crippen LogP contribution >= 0.6 is 0 Å². The van der Waals surface area contributed by atoms with Crippen LogP contribution in [0.25, 0.3) is 0 Å². The minimum atomic E-state index is -1.21. The number of hydrogen-bond acceptors (Lipinski definition) is 3. The van der Waals surface area contributed by atoms with E-state index in [4.69, 9.17) is 10.8 Å². The molecule has 0 fully saturated rings. The number of carboxylic acid groups (broad SMARTS) is 1. The zero-order valence-corrected chi connectivity index (χ0v) is 9.52. The van der Waals surface area contributed by atoms with Gasteiger partial charge in [-0.25, -0.2) is 9.18 Å². The second-order valence-corrected chi connectivity index (χ2v) is 3.62. The molecular formula is C12H13FN2O3. The number of nitrogens with one attached hydrogen (secondary N) is 1. The lowest BCUT2D eigenvalue weighted by atomic mass is 10.1. The van der Waals surface area contributed by atoms with Gasteiger partial charge < -0.3 is 16.2 Å². The molecule has 0 heterocycles. The number of amides is 1.